The Bertz CT molecular complexity index is 515. The molecule has 0 fully saturated rings. The minimum absolute atomic E-state index is 0.161. The number of alkyl halides is 1. The van der Waals surface area contributed by atoms with E-state index in [0.717, 1.165) is 9.81 Å². The second-order valence-electron chi connectivity index (χ2n) is 2.77. The Morgan fingerprint density at radius 1 is 1.24 bits per heavy atom. The van der Waals surface area contributed by atoms with E-state index < -0.39 is 5.38 Å². The highest BCUT2D eigenvalue weighted by Crippen LogP contribution is 2.39. The largest absolute Gasteiger partial charge is 0.394 e. The standard InChI is InChI=1S/C13H9ClOS2/c1-2-5-12-8-9-13(17-16-12)7-4-3-6-11(14)10-15/h8-9,11,15H,10H2,1H3. The third-order valence-corrected chi connectivity index (χ3v) is 3.99. The molecular formula is C13H9ClOS2. The lowest BCUT2D eigenvalue weighted by atomic mass is 10.4. The van der Waals surface area contributed by atoms with Gasteiger partial charge in [-0.05, 0) is 58.4 Å². The smallest absolute Gasteiger partial charge is 0.118 e. The molecule has 1 rings (SSSR count). The third kappa shape index (κ3) is 5.83. The van der Waals surface area contributed by atoms with E-state index in [2.05, 4.69) is 35.5 Å². The number of halogens is 1. The van der Waals surface area contributed by atoms with Crippen molar-refractivity contribution in [2.75, 3.05) is 6.61 Å². The van der Waals surface area contributed by atoms with Crippen LogP contribution in [0.4, 0.5) is 0 Å². The molecule has 0 aromatic rings. The number of aliphatic hydroxyl groups excluding tert-OH is 1. The van der Waals surface area contributed by atoms with Crippen LogP contribution in [0.3, 0.4) is 0 Å². The lowest BCUT2D eigenvalue weighted by Gasteiger charge is -2.03. The van der Waals surface area contributed by atoms with Gasteiger partial charge in [0.1, 0.15) is 5.38 Å². The first-order valence-corrected chi connectivity index (χ1v) is 7.30. The topological polar surface area (TPSA) is 20.2 Å². The lowest BCUT2D eigenvalue weighted by molar-refractivity contribution is 0.307. The Morgan fingerprint density at radius 2 is 1.88 bits per heavy atom. The molecule has 0 aliphatic carbocycles. The molecule has 17 heavy (non-hydrogen) atoms. The molecule has 1 N–H and O–H groups in total. The minimum Gasteiger partial charge on any atom is -0.394 e. The Kier molecular flexibility index (Phi) is 6.87. The van der Waals surface area contributed by atoms with Gasteiger partial charge in [-0.25, -0.2) is 0 Å². The van der Waals surface area contributed by atoms with E-state index in [9.17, 15) is 0 Å². The average molecular weight is 281 g/mol. The van der Waals surface area contributed by atoms with Crippen molar-refractivity contribution in [1.82, 2.24) is 0 Å². The zero-order chi connectivity index (χ0) is 12.5. The molecule has 0 aromatic heterocycles. The molecular weight excluding hydrogens is 272 g/mol. The first-order chi connectivity index (χ1) is 8.26. The molecule has 0 spiro atoms. The Hall–Kier alpha value is -0.890. The van der Waals surface area contributed by atoms with Gasteiger partial charge in [-0.1, -0.05) is 11.8 Å². The normalized spacial score (nSPS) is 14.8. The van der Waals surface area contributed by atoms with E-state index in [4.69, 9.17) is 16.7 Å². The van der Waals surface area contributed by atoms with Crippen molar-refractivity contribution in [1.29, 1.82) is 0 Å². The van der Waals surface area contributed by atoms with Gasteiger partial charge in [0, 0.05) is 0 Å². The zero-order valence-corrected chi connectivity index (χ0v) is 11.5. The van der Waals surface area contributed by atoms with E-state index >= 15 is 0 Å². The van der Waals surface area contributed by atoms with Crippen LogP contribution in [0.2, 0.25) is 0 Å². The fourth-order valence-corrected chi connectivity index (χ4v) is 2.64. The van der Waals surface area contributed by atoms with Crippen LogP contribution in [-0.2, 0) is 0 Å². The highest BCUT2D eigenvalue weighted by molar-refractivity contribution is 8.79. The summed E-state index contributed by atoms with van der Waals surface area (Å²) in [5, 5.41) is 8.10. The van der Waals surface area contributed by atoms with Crippen LogP contribution in [-0.4, -0.2) is 17.1 Å². The van der Waals surface area contributed by atoms with Crippen LogP contribution in [0, 0.1) is 35.5 Å². The van der Waals surface area contributed by atoms with Crippen LogP contribution in [0.5, 0.6) is 0 Å². The molecule has 1 nitrogen and oxygen atoms in total. The zero-order valence-electron chi connectivity index (χ0n) is 9.08. The summed E-state index contributed by atoms with van der Waals surface area (Å²) in [6.45, 7) is 1.65. The fourth-order valence-electron chi connectivity index (χ4n) is 0.798. The molecule has 0 aromatic carbocycles. The van der Waals surface area contributed by atoms with Crippen molar-refractivity contribution >= 4 is 33.2 Å². The Balaban J connectivity index is 2.61. The number of allylic oxidation sites excluding steroid dienone is 4. The summed E-state index contributed by atoms with van der Waals surface area (Å²) in [6.07, 6.45) is 3.85. The van der Waals surface area contributed by atoms with Crippen molar-refractivity contribution in [2.24, 2.45) is 0 Å². The van der Waals surface area contributed by atoms with Gasteiger partial charge in [-0.2, -0.15) is 0 Å². The average Bonchev–Trinajstić information content (AvgIpc) is 2.36. The van der Waals surface area contributed by atoms with Gasteiger partial charge in [0.05, 0.1) is 16.4 Å². The van der Waals surface area contributed by atoms with E-state index in [1.165, 1.54) is 0 Å². The van der Waals surface area contributed by atoms with Gasteiger partial charge >= 0.3 is 0 Å². The number of hydrogen-bond acceptors (Lipinski definition) is 3. The maximum Gasteiger partial charge on any atom is 0.118 e. The van der Waals surface area contributed by atoms with Crippen molar-refractivity contribution in [2.45, 2.75) is 12.3 Å². The maximum absolute atomic E-state index is 8.64. The van der Waals surface area contributed by atoms with E-state index in [-0.39, 0.29) is 6.61 Å². The van der Waals surface area contributed by atoms with Crippen LogP contribution in [0.1, 0.15) is 6.92 Å². The lowest BCUT2D eigenvalue weighted by Crippen LogP contribution is -1.99. The minimum atomic E-state index is -0.544. The van der Waals surface area contributed by atoms with Crippen molar-refractivity contribution in [3.63, 3.8) is 0 Å². The van der Waals surface area contributed by atoms with Crippen molar-refractivity contribution in [3.8, 4) is 35.5 Å². The molecule has 1 atom stereocenters. The molecule has 1 heterocycles. The molecule has 86 valence electrons. The van der Waals surface area contributed by atoms with Crippen molar-refractivity contribution < 1.29 is 5.11 Å². The Morgan fingerprint density at radius 3 is 2.41 bits per heavy atom. The number of hydrogen-bond donors (Lipinski definition) is 1. The van der Waals surface area contributed by atoms with Gasteiger partial charge in [0.2, 0.25) is 0 Å². The second-order valence-corrected chi connectivity index (χ2v) is 5.51. The van der Waals surface area contributed by atoms with Crippen molar-refractivity contribution in [3.05, 3.63) is 22.0 Å². The van der Waals surface area contributed by atoms with Gasteiger partial charge < -0.3 is 5.11 Å². The first kappa shape index (κ1) is 14.2. The molecule has 0 amide bonds. The van der Waals surface area contributed by atoms with Crippen LogP contribution < -0.4 is 0 Å². The third-order valence-electron chi connectivity index (χ3n) is 1.49. The summed E-state index contributed by atoms with van der Waals surface area (Å²) < 4.78 is 0. The highest BCUT2D eigenvalue weighted by Gasteiger charge is 2.03. The summed E-state index contributed by atoms with van der Waals surface area (Å²) >= 11 is 5.60. The molecule has 1 aliphatic rings. The van der Waals surface area contributed by atoms with Gasteiger partial charge in [0.25, 0.3) is 0 Å². The predicted molar refractivity (Wildman–Crippen MR) is 77.1 cm³/mol. The highest BCUT2D eigenvalue weighted by atomic mass is 35.5. The summed E-state index contributed by atoms with van der Waals surface area (Å²) in [5.74, 6) is 16.6. The van der Waals surface area contributed by atoms with Crippen LogP contribution >= 0.6 is 33.2 Å². The van der Waals surface area contributed by atoms with Gasteiger partial charge in [0.15, 0.2) is 0 Å². The Labute approximate surface area is 114 Å². The monoisotopic (exact) mass is 280 g/mol. The number of aliphatic hydroxyl groups is 1. The first-order valence-electron chi connectivity index (χ1n) is 4.72. The quantitative estimate of drug-likeness (QED) is 0.453. The molecule has 4 heteroatoms. The van der Waals surface area contributed by atoms with E-state index in [1.807, 2.05) is 19.1 Å². The number of rotatable bonds is 1. The molecule has 0 radical (unpaired) electrons. The summed E-state index contributed by atoms with van der Waals surface area (Å²) in [5.41, 5.74) is 0. The van der Waals surface area contributed by atoms with Crippen LogP contribution in [0.15, 0.2) is 22.0 Å². The van der Waals surface area contributed by atoms with Gasteiger partial charge in [-0.15, -0.1) is 17.5 Å². The maximum atomic E-state index is 8.64. The molecule has 0 saturated carbocycles. The summed E-state index contributed by atoms with van der Waals surface area (Å²) in [7, 11) is 3.14. The molecule has 0 bridgehead atoms. The second kappa shape index (κ2) is 8.24. The predicted octanol–water partition coefficient (Wildman–Crippen LogP) is 2.78. The van der Waals surface area contributed by atoms with Crippen LogP contribution in [0.25, 0.3) is 0 Å². The molecule has 1 aliphatic heterocycles. The molecule has 1 unspecified atom stereocenters. The van der Waals surface area contributed by atoms with E-state index in [1.54, 1.807) is 21.6 Å². The fraction of sp³-hybridized carbons (Fsp3) is 0.231. The summed E-state index contributed by atoms with van der Waals surface area (Å²) in [4.78, 5) is 1.95. The van der Waals surface area contributed by atoms with Gasteiger partial charge in [-0.3, -0.25) is 0 Å². The SMILES string of the molecule is CC#CC1=CC=C(C#CC#CC(Cl)CO)SS1. The van der Waals surface area contributed by atoms with E-state index in [0.29, 0.717) is 0 Å². The molecule has 0 saturated heterocycles. The summed E-state index contributed by atoms with van der Waals surface area (Å²) in [6, 6.07) is 0.